The van der Waals surface area contributed by atoms with Crippen LogP contribution in [0.15, 0.2) is 66.7 Å². The van der Waals surface area contributed by atoms with Crippen molar-refractivity contribution in [2.45, 2.75) is 12.8 Å². The third-order valence-electron chi connectivity index (χ3n) is 5.46. The summed E-state index contributed by atoms with van der Waals surface area (Å²) in [6.07, 6.45) is 1.27. The molecule has 0 N–H and O–H groups in total. The Labute approximate surface area is 177 Å². The van der Waals surface area contributed by atoms with Crippen LogP contribution < -0.4 is 9.64 Å². The van der Waals surface area contributed by atoms with Crippen LogP contribution in [0.2, 0.25) is 0 Å². The van der Waals surface area contributed by atoms with Crippen molar-refractivity contribution in [3.05, 3.63) is 72.3 Å². The lowest BCUT2D eigenvalue weighted by atomic mass is 10.1. The van der Waals surface area contributed by atoms with E-state index in [1.54, 1.807) is 7.11 Å². The molecule has 0 unspecified atom stereocenters. The van der Waals surface area contributed by atoms with Gasteiger partial charge in [-0.05, 0) is 36.2 Å². The van der Waals surface area contributed by atoms with Gasteiger partial charge >= 0.3 is 0 Å². The predicted octanol–water partition coefficient (Wildman–Crippen LogP) is 3.43. The number of aryl methyl sites for hydroxylation is 1. The zero-order chi connectivity index (χ0) is 20.8. The second-order valence-electron chi connectivity index (χ2n) is 7.36. The first-order valence-electron chi connectivity index (χ1n) is 10.3. The Morgan fingerprint density at radius 2 is 1.63 bits per heavy atom. The summed E-state index contributed by atoms with van der Waals surface area (Å²) in [5, 5.41) is 8.77. The number of benzene rings is 2. The molecule has 0 bridgehead atoms. The lowest BCUT2D eigenvalue weighted by Gasteiger charge is -2.35. The Balaban J connectivity index is 1.27. The van der Waals surface area contributed by atoms with Crippen LogP contribution >= 0.6 is 0 Å². The number of carbonyl (C=O) groups excluding carboxylic acids is 1. The van der Waals surface area contributed by atoms with Gasteiger partial charge in [0.1, 0.15) is 5.75 Å². The van der Waals surface area contributed by atoms with Gasteiger partial charge in [0, 0.05) is 38.2 Å². The van der Waals surface area contributed by atoms with Gasteiger partial charge in [-0.2, -0.15) is 0 Å². The average Bonchev–Trinajstić information content (AvgIpc) is 2.83. The van der Waals surface area contributed by atoms with E-state index in [4.69, 9.17) is 4.74 Å². The van der Waals surface area contributed by atoms with E-state index in [0.717, 1.165) is 47.9 Å². The smallest absolute Gasteiger partial charge is 0.223 e. The van der Waals surface area contributed by atoms with E-state index in [2.05, 4.69) is 15.1 Å². The molecule has 1 aliphatic rings. The molecule has 3 aromatic rings. The fraction of sp³-hybridized carbons (Fsp3) is 0.292. The summed E-state index contributed by atoms with van der Waals surface area (Å²) in [6, 6.07) is 21.9. The van der Waals surface area contributed by atoms with Crippen LogP contribution in [0.4, 0.5) is 5.82 Å². The van der Waals surface area contributed by atoms with Gasteiger partial charge in [-0.3, -0.25) is 4.79 Å². The Hall–Kier alpha value is -3.41. The molecule has 1 fully saturated rings. The van der Waals surface area contributed by atoms with Crippen LogP contribution in [-0.4, -0.2) is 54.3 Å². The summed E-state index contributed by atoms with van der Waals surface area (Å²) in [7, 11) is 1.65. The van der Waals surface area contributed by atoms with Crippen LogP contribution in [-0.2, 0) is 11.2 Å². The highest BCUT2D eigenvalue weighted by atomic mass is 16.5. The summed E-state index contributed by atoms with van der Waals surface area (Å²) < 4.78 is 5.18. The van der Waals surface area contributed by atoms with E-state index in [9.17, 15) is 4.79 Å². The minimum atomic E-state index is 0.205. The van der Waals surface area contributed by atoms with Gasteiger partial charge < -0.3 is 14.5 Å². The van der Waals surface area contributed by atoms with Crippen molar-refractivity contribution in [2.24, 2.45) is 0 Å². The molecule has 154 valence electrons. The van der Waals surface area contributed by atoms with Gasteiger partial charge in [-0.25, -0.2) is 0 Å². The van der Waals surface area contributed by atoms with Crippen molar-refractivity contribution in [1.82, 2.24) is 15.1 Å². The minimum absolute atomic E-state index is 0.205. The van der Waals surface area contributed by atoms with Gasteiger partial charge in [0.05, 0.1) is 12.8 Å². The SMILES string of the molecule is COc1ccc(CCC(=O)N2CCN(c3ccc(-c4ccccc4)nn3)CC2)cc1. The van der Waals surface area contributed by atoms with E-state index in [1.165, 1.54) is 0 Å². The monoisotopic (exact) mass is 402 g/mol. The normalized spacial score (nSPS) is 13.9. The minimum Gasteiger partial charge on any atom is -0.497 e. The predicted molar refractivity (Wildman–Crippen MR) is 118 cm³/mol. The van der Waals surface area contributed by atoms with E-state index < -0.39 is 0 Å². The molecule has 1 aliphatic heterocycles. The third kappa shape index (κ3) is 4.76. The first-order chi connectivity index (χ1) is 14.7. The molecule has 0 radical (unpaired) electrons. The van der Waals surface area contributed by atoms with E-state index in [1.807, 2.05) is 71.6 Å². The van der Waals surface area contributed by atoms with Gasteiger partial charge in [0.2, 0.25) is 5.91 Å². The molecule has 2 aromatic carbocycles. The van der Waals surface area contributed by atoms with Crippen LogP contribution in [0.1, 0.15) is 12.0 Å². The van der Waals surface area contributed by atoms with Crippen molar-refractivity contribution < 1.29 is 9.53 Å². The number of aromatic nitrogens is 2. The number of hydrogen-bond acceptors (Lipinski definition) is 5. The highest BCUT2D eigenvalue weighted by Gasteiger charge is 2.22. The fourth-order valence-electron chi connectivity index (χ4n) is 3.64. The van der Waals surface area contributed by atoms with Crippen LogP contribution in [0.5, 0.6) is 5.75 Å². The molecular formula is C24H26N4O2. The highest BCUT2D eigenvalue weighted by molar-refractivity contribution is 5.76. The molecule has 0 aliphatic carbocycles. The molecule has 1 saturated heterocycles. The van der Waals surface area contributed by atoms with Crippen molar-refractivity contribution in [3.63, 3.8) is 0 Å². The summed E-state index contributed by atoms with van der Waals surface area (Å²) in [4.78, 5) is 16.7. The number of methoxy groups -OCH3 is 1. The number of nitrogens with zero attached hydrogens (tertiary/aromatic N) is 4. The summed E-state index contributed by atoms with van der Waals surface area (Å²) in [6.45, 7) is 2.97. The number of ether oxygens (including phenoxy) is 1. The van der Waals surface area contributed by atoms with Gasteiger partial charge in [-0.1, -0.05) is 42.5 Å². The van der Waals surface area contributed by atoms with E-state index >= 15 is 0 Å². The van der Waals surface area contributed by atoms with E-state index in [-0.39, 0.29) is 5.91 Å². The number of piperazine rings is 1. The summed E-state index contributed by atoms with van der Waals surface area (Å²) in [5.41, 5.74) is 3.08. The number of rotatable bonds is 6. The van der Waals surface area contributed by atoms with Crippen molar-refractivity contribution in [2.75, 3.05) is 38.2 Å². The van der Waals surface area contributed by atoms with Gasteiger partial charge in [-0.15, -0.1) is 10.2 Å². The first kappa shape index (κ1) is 19.9. The molecule has 6 nitrogen and oxygen atoms in total. The van der Waals surface area contributed by atoms with Gasteiger partial charge in [0.15, 0.2) is 5.82 Å². The van der Waals surface area contributed by atoms with Crippen molar-refractivity contribution in [3.8, 4) is 17.0 Å². The van der Waals surface area contributed by atoms with Crippen LogP contribution in [0.25, 0.3) is 11.3 Å². The van der Waals surface area contributed by atoms with E-state index in [0.29, 0.717) is 19.5 Å². The quantitative estimate of drug-likeness (QED) is 0.632. The fourth-order valence-corrected chi connectivity index (χ4v) is 3.64. The maximum Gasteiger partial charge on any atom is 0.223 e. The first-order valence-corrected chi connectivity index (χ1v) is 10.3. The zero-order valence-electron chi connectivity index (χ0n) is 17.2. The Morgan fingerprint density at radius 3 is 2.27 bits per heavy atom. The van der Waals surface area contributed by atoms with Gasteiger partial charge in [0.25, 0.3) is 0 Å². The highest BCUT2D eigenvalue weighted by Crippen LogP contribution is 2.19. The molecule has 4 rings (SSSR count). The summed E-state index contributed by atoms with van der Waals surface area (Å²) >= 11 is 0. The Bertz CT molecular complexity index is 951. The molecular weight excluding hydrogens is 376 g/mol. The standard InChI is InChI=1S/C24H26N4O2/c1-30-21-10-7-19(8-11-21)9-14-24(29)28-17-15-27(16-18-28)23-13-12-22(25-26-23)20-5-3-2-4-6-20/h2-8,10-13H,9,14-18H2,1H3. The lowest BCUT2D eigenvalue weighted by Crippen LogP contribution is -2.49. The van der Waals surface area contributed by atoms with Crippen LogP contribution in [0, 0.1) is 0 Å². The maximum atomic E-state index is 12.6. The molecule has 2 heterocycles. The van der Waals surface area contributed by atoms with Crippen molar-refractivity contribution >= 4 is 11.7 Å². The number of hydrogen-bond donors (Lipinski definition) is 0. The Kier molecular flexibility index (Phi) is 6.23. The average molecular weight is 402 g/mol. The lowest BCUT2D eigenvalue weighted by molar-refractivity contribution is -0.131. The summed E-state index contributed by atoms with van der Waals surface area (Å²) in [5.74, 6) is 1.90. The zero-order valence-corrected chi connectivity index (χ0v) is 17.2. The number of carbonyl (C=O) groups is 1. The number of anilines is 1. The number of amides is 1. The molecule has 6 heteroatoms. The Morgan fingerprint density at radius 1 is 0.900 bits per heavy atom. The molecule has 0 saturated carbocycles. The molecule has 1 amide bonds. The molecule has 0 spiro atoms. The maximum absolute atomic E-state index is 12.6. The third-order valence-corrected chi connectivity index (χ3v) is 5.46. The second kappa shape index (κ2) is 9.39. The topological polar surface area (TPSA) is 58.6 Å². The molecule has 30 heavy (non-hydrogen) atoms. The molecule has 1 aromatic heterocycles. The van der Waals surface area contributed by atoms with Crippen molar-refractivity contribution in [1.29, 1.82) is 0 Å². The second-order valence-corrected chi connectivity index (χ2v) is 7.36. The van der Waals surface area contributed by atoms with Crippen LogP contribution in [0.3, 0.4) is 0 Å². The largest absolute Gasteiger partial charge is 0.497 e. The molecule has 0 atom stereocenters.